The number of hydrogen-bond acceptors (Lipinski definition) is 4. The van der Waals surface area contributed by atoms with E-state index in [-0.39, 0.29) is 11.7 Å². The molecule has 1 saturated heterocycles. The van der Waals surface area contributed by atoms with Crippen molar-refractivity contribution in [2.24, 2.45) is 4.40 Å². The van der Waals surface area contributed by atoms with Gasteiger partial charge < -0.3 is 9.64 Å². The van der Waals surface area contributed by atoms with Gasteiger partial charge in [-0.15, -0.1) is 0 Å². The van der Waals surface area contributed by atoms with Crippen LogP contribution >= 0.6 is 11.9 Å². The van der Waals surface area contributed by atoms with Crippen molar-refractivity contribution in [2.75, 3.05) is 18.6 Å². The Hall–Kier alpha value is -2.48. The Kier molecular flexibility index (Phi) is 7.54. The molecule has 0 spiro atoms. The zero-order valence-corrected chi connectivity index (χ0v) is 19.1. The Bertz CT molecular complexity index is 1020. The Balaban J connectivity index is 1.87. The number of rotatable bonds is 6. The predicted molar refractivity (Wildman–Crippen MR) is 124 cm³/mol. The van der Waals surface area contributed by atoms with E-state index in [1.54, 1.807) is 13.0 Å². The second-order valence-electron chi connectivity index (χ2n) is 7.80. The molecule has 1 aliphatic heterocycles. The normalized spacial score (nSPS) is 17.4. The summed E-state index contributed by atoms with van der Waals surface area (Å²) in [7, 11) is 1.47. The van der Waals surface area contributed by atoms with E-state index < -0.39 is 17.6 Å². The van der Waals surface area contributed by atoms with Crippen LogP contribution in [0.1, 0.15) is 49.8 Å². The molecule has 0 aliphatic carbocycles. The fraction of sp³-hybridized carbons (Fsp3) is 0.375. The van der Waals surface area contributed by atoms with Crippen molar-refractivity contribution in [3.8, 4) is 5.75 Å². The van der Waals surface area contributed by atoms with Crippen LogP contribution in [0.25, 0.3) is 4.91 Å². The molecule has 0 aromatic heterocycles. The Labute approximate surface area is 190 Å². The number of piperidine rings is 1. The topological polar surface area (TPSA) is 24.8 Å². The van der Waals surface area contributed by atoms with Crippen molar-refractivity contribution in [2.45, 2.75) is 45.3 Å². The highest BCUT2D eigenvalue weighted by molar-refractivity contribution is 8.07. The van der Waals surface area contributed by atoms with Crippen LogP contribution in [0.4, 0.5) is 23.2 Å². The zero-order valence-electron chi connectivity index (χ0n) is 18.3. The smallest absolute Gasteiger partial charge is 0.418 e. The predicted octanol–water partition coefficient (Wildman–Crippen LogP) is 7.36. The van der Waals surface area contributed by atoms with Gasteiger partial charge in [-0.25, -0.2) is 8.79 Å². The minimum absolute atomic E-state index is 0.0572. The summed E-state index contributed by atoms with van der Waals surface area (Å²) >= 11 is 0.953. The lowest BCUT2D eigenvalue weighted by Gasteiger charge is -2.37. The Morgan fingerprint density at radius 2 is 1.94 bits per heavy atom. The van der Waals surface area contributed by atoms with Crippen LogP contribution in [0, 0.1) is 5.82 Å². The molecule has 8 heteroatoms. The van der Waals surface area contributed by atoms with Crippen LogP contribution in [-0.4, -0.2) is 25.4 Å². The van der Waals surface area contributed by atoms with E-state index in [1.807, 2.05) is 11.8 Å². The third kappa shape index (κ3) is 5.46. The van der Waals surface area contributed by atoms with Crippen molar-refractivity contribution >= 4 is 28.3 Å². The maximum Gasteiger partial charge on any atom is 0.418 e. The first-order chi connectivity index (χ1) is 15.1. The maximum atomic E-state index is 13.9. The second-order valence-corrected chi connectivity index (χ2v) is 8.66. The number of ether oxygens (including phenoxy) is 1. The van der Waals surface area contributed by atoms with Crippen molar-refractivity contribution in [3.63, 3.8) is 0 Å². The van der Waals surface area contributed by atoms with Gasteiger partial charge in [-0.2, -0.15) is 13.2 Å². The molecule has 0 bridgehead atoms. The molecular formula is C24H26F4N2OS. The van der Waals surface area contributed by atoms with Gasteiger partial charge >= 0.3 is 6.18 Å². The van der Waals surface area contributed by atoms with Gasteiger partial charge in [0.25, 0.3) is 0 Å². The summed E-state index contributed by atoms with van der Waals surface area (Å²) in [6.07, 6.45) is -1.71. The molecule has 2 aromatic rings. The van der Waals surface area contributed by atoms with Crippen LogP contribution in [0.2, 0.25) is 0 Å². The van der Waals surface area contributed by atoms with Crippen molar-refractivity contribution in [1.82, 2.24) is 0 Å². The molecule has 0 saturated carbocycles. The monoisotopic (exact) mass is 466 g/mol. The number of hydrogen-bond donors (Lipinski definition) is 0. The summed E-state index contributed by atoms with van der Waals surface area (Å²) in [4.78, 5) is 2.20. The minimum Gasteiger partial charge on any atom is -0.496 e. The SMILES string of the molecule is C=C(S/N=C(\C)c1cc(F)ccc1OC)c1ccc(N2CCCCC2C)c(C(F)(F)F)c1. The summed E-state index contributed by atoms with van der Waals surface area (Å²) in [5, 5.41) is 0. The minimum atomic E-state index is -4.48. The summed E-state index contributed by atoms with van der Waals surface area (Å²) in [5.74, 6) is 0.0229. The molecular weight excluding hydrogens is 440 g/mol. The first-order valence-electron chi connectivity index (χ1n) is 10.3. The van der Waals surface area contributed by atoms with Crippen LogP contribution in [0.5, 0.6) is 5.75 Å². The van der Waals surface area contributed by atoms with Crippen molar-refractivity contribution in [3.05, 3.63) is 65.5 Å². The third-order valence-electron chi connectivity index (χ3n) is 5.58. The highest BCUT2D eigenvalue weighted by Gasteiger charge is 2.36. The van der Waals surface area contributed by atoms with E-state index in [0.717, 1.165) is 37.3 Å². The molecule has 172 valence electrons. The molecule has 3 rings (SSSR count). The fourth-order valence-corrected chi connectivity index (χ4v) is 4.41. The van der Waals surface area contributed by atoms with Crippen molar-refractivity contribution in [1.29, 1.82) is 0 Å². The molecule has 32 heavy (non-hydrogen) atoms. The molecule has 1 fully saturated rings. The fourth-order valence-electron chi connectivity index (χ4n) is 3.83. The first-order valence-corrected chi connectivity index (χ1v) is 11.1. The lowest BCUT2D eigenvalue weighted by molar-refractivity contribution is -0.137. The van der Waals surface area contributed by atoms with E-state index in [1.165, 1.54) is 31.4 Å². The van der Waals surface area contributed by atoms with Gasteiger partial charge in [-0.1, -0.05) is 12.6 Å². The molecule has 2 aromatic carbocycles. The van der Waals surface area contributed by atoms with Crippen LogP contribution in [0.15, 0.2) is 47.4 Å². The molecule has 1 heterocycles. The maximum absolute atomic E-state index is 13.9. The number of halogens is 4. The standard InChI is InChI=1S/C24H26F4N2OS/c1-15-7-5-6-12-30(15)22-10-8-18(13-21(22)24(26,27)28)17(3)32-29-16(2)20-14-19(25)9-11-23(20)31-4/h8-11,13-15H,3,5-7,12H2,1-2,4H3/b29-16+. The van der Waals surface area contributed by atoms with E-state index in [9.17, 15) is 17.6 Å². The van der Waals surface area contributed by atoms with Gasteiger partial charge in [0.15, 0.2) is 0 Å². The van der Waals surface area contributed by atoms with E-state index in [0.29, 0.717) is 34.0 Å². The quantitative estimate of drug-likeness (QED) is 0.253. The van der Waals surface area contributed by atoms with Crippen molar-refractivity contribution < 1.29 is 22.3 Å². The first kappa shape index (κ1) is 24.2. The highest BCUT2D eigenvalue weighted by atomic mass is 32.2. The lowest BCUT2D eigenvalue weighted by Crippen LogP contribution is -2.38. The van der Waals surface area contributed by atoms with E-state index in [2.05, 4.69) is 11.0 Å². The summed E-state index contributed by atoms with van der Waals surface area (Å²) in [6.45, 7) is 8.15. The molecule has 1 aliphatic rings. The molecule has 0 radical (unpaired) electrons. The van der Waals surface area contributed by atoms with Gasteiger partial charge in [-0.3, -0.25) is 0 Å². The Morgan fingerprint density at radius 1 is 1.19 bits per heavy atom. The van der Waals surface area contributed by atoms with E-state index in [4.69, 9.17) is 4.74 Å². The molecule has 1 atom stereocenters. The molecule has 1 unspecified atom stereocenters. The van der Waals surface area contributed by atoms with Gasteiger partial charge in [0.1, 0.15) is 11.6 Å². The number of methoxy groups -OCH3 is 1. The van der Waals surface area contributed by atoms with Gasteiger partial charge in [-0.05, 0) is 69.0 Å². The number of anilines is 1. The number of alkyl halides is 3. The zero-order chi connectivity index (χ0) is 23.5. The molecule has 3 nitrogen and oxygen atoms in total. The van der Waals surface area contributed by atoms with Gasteiger partial charge in [0.2, 0.25) is 0 Å². The average molecular weight is 467 g/mol. The van der Waals surface area contributed by atoms with Crippen LogP contribution in [-0.2, 0) is 6.18 Å². The van der Waals surface area contributed by atoms with E-state index >= 15 is 0 Å². The Morgan fingerprint density at radius 3 is 2.59 bits per heavy atom. The number of benzene rings is 2. The molecule has 0 N–H and O–H groups in total. The number of nitrogens with zero attached hydrogens (tertiary/aromatic N) is 2. The summed E-state index contributed by atoms with van der Waals surface area (Å²) in [5.41, 5.74) is 0.826. The highest BCUT2D eigenvalue weighted by Crippen LogP contribution is 2.41. The lowest BCUT2D eigenvalue weighted by atomic mass is 9.99. The summed E-state index contributed by atoms with van der Waals surface area (Å²) < 4.78 is 64.9. The third-order valence-corrected chi connectivity index (χ3v) is 6.40. The average Bonchev–Trinajstić information content (AvgIpc) is 2.76. The summed E-state index contributed by atoms with van der Waals surface area (Å²) in [6, 6.07) is 8.45. The van der Waals surface area contributed by atoms with Gasteiger partial charge in [0.05, 0.1) is 18.4 Å². The largest absolute Gasteiger partial charge is 0.496 e. The second kappa shape index (κ2) is 9.98. The van der Waals surface area contributed by atoms with Crippen LogP contribution in [0.3, 0.4) is 0 Å². The van der Waals surface area contributed by atoms with Gasteiger partial charge in [0, 0.05) is 40.7 Å². The molecule has 0 amide bonds. The van der Waals surface area contributed by atoms with Crippen LogP contribution < -0.4 is 9.64 Å².